The Bertz CT molecular complexity index is 1360. The van der Waals surface area contributed by atoms with Gasteiger partial charge in [0, 0.05) is 43.0 Å². The number of hydrogen-bond donors (Lipinski definition) is 0. The van der Waals surface area contributed by atoms with Gasteiger partial charge in [0.05, 0.1) is 5.39 Å². The third kappa shape index (κ3) is 4.41. The molecule has 6 rings (SSSR count). The van der Waals surface area contributed by atoms with E-state index >= 15 is 0 Å². The van der Waals surface area contributed by atoms with Crippen LogP contribution in [0, 0.1) is 5.82 Å². The van der Waals surface area contributed by atoms with Crippen molar-refractivity contribution in [3.05, 3.63) is 87.8 Å². The minimum absolute atomic E-state index is 0.0461. The SMILES string of the molecule is O=C(c1ccc(F)cc1)N1CCN(c2nc(Cc3ccccc3)nc3sc4c(c23)CCCC4)CC1. The number of fused-ring (bicyclic) bond motifs is 3. The highest BCUT2D eigenvalue weighted by Gasteiger charge is 2.28. The van der Waals surface area contributed by atoms with Gasteiger partial charge in [0.1, 0.15) is 22.3 Å². The van der Waals surface area contributed by atoms with E-state index in [-0.39, 0.29) is 11.7 Å². The minimum atomic E-state index is -0.329. The van der Waals surface area contributed by atoms with Crippen LogP contribution in [0.5, 0.6) is 0 Å². The Morgan fingerprint density at radius 1 is 0.914 bits per heavy atom. The van der Waals surface area contributed by atoms with Crippen molar-refractivity contribution in [2.24, 2.45) is 0 Å². The van der Waals surface area contributed by atoms with E-state index in [1.165, 1.54) is 46.4 Å². The first-order chi connectivity index (χ1) is 17.2. The third-order valence-corrected chi connectivity index (χ3v) is 8.19. The summed E-state index contributed by atoms with van der Waals surface area (Å²) in [5.41, 5.74) is 3.16. The number of amides is 1. The summed E-state index contributed by atoms with van der Waals surface area (Å²) in [5, 5.41) is 1.22. The number of anilines is 1. The number of carbonyl (C=O) groups excluding carboxylic acids is 1. The molecule has 0 N–H and O–H groups in total. The summed E-state index contributed by atoms with van der Waals surface area (Å²) in [4.78, 5) is 29.8. The maximum atomic E-state index is 13.3. The maximum absolute atomic E-state index is 13.3. The predicted octanol–water partition coefficient (Wildman–Crippen LogP) is 5.26. The number of halogens is 1. The van der Waals surface area contributed by atoms with Crippen LogP contribution in [0.2, 0.25) is 0 Å². The van der Waals surface area contributed by atoms with Crippen LogP contribution in [0.4, 0.5) is 10.2 Å². The average molecular weight is 487 g/mol. The first kappa shape index (κ1) is 22.2. The number of aryl methyl sites for hydroxylation is 2. The fourth-order valence-corrected chi connectivity index (χ4v) is 6.44. The van der Waals surface area contributed by atoms with Crippen LogP contribution in [0.25, 0.3) is 10.2 Å². The molecule has 5 nitrogen and oxygen atoms in total. The molecule has 1 aliphatic heterocycles. The third-order valence-electron chi connectivity index (χ3n) is 7.00. The predicted molar refractivity (Wildman–Crippen MR) is 138 cm³/mol. The standard InChI is InChI=1S/C28H27FN4OS/c29-21-12-10-20(11-13-21)28(34)33-16-14-32(15-17-33)26-25-22-8-4-5-9-23(22)35-27(25)31-24(30-26)18-19-6-2-1-3-7-19/h1-3,6-7,10-13H,4-5,8-9,14-18H2. The van der Waals surface area contributed by atoms with Gasteiger partial charge in [-0.15, -0.1) is 11.3 Å². The van der Waals surface area contributed by atoms with E-state index in [0.717, 1.165) is 29.3 Å². The molecule has 4 aromatic rings. The summed E-state index contributed by atoms with van der Waals surface area (Å²) in [5.74, 6) is 1.50. The number of piperazine rings is 1. The van der Waals surface area contributed by atoms with Gasteiger partial charge in [0.15, 0.2) is 0 Å². The van der Waals surface area contributed by atoms with Gasteiger partial charge in [-0.1, -0.05) is 30.3 Å². The number of thiophene rings is 1. The van der Waals surface area contributed by atoms with E-state index in [9.17, 15) is 9.18 Å². The van der Waals surface area contributed by atoms with E-state index in [0.29, 0.717) is 38.2 Å². The first-order valence-electron chi connectivity index (χ1n) is 12.3. The lowest BCUT2D eigenvalue weighted by Crippen LogP contribution is -2.49. The lowest BCUT2D eigenvalue weighted by Gasteiger charge is -2.36. The summed E-state index contributed by atoms with van der Waals surface area (Å²) in [7, 11) is 0. The highest BCUT2D eigenvalue weighted by Crippen LogP contribution is 2.40. The number of hydrogen-bond acceptors (Lipinski definition) is 5. The van der Waals surface area contributed by atoms with Crippen molar-refractivity contribution in [3.63, 3.8) is 0 Å². The van der Waals surface area contributed by atoms with Gasteiger partial charge in [-0.05, 0) is 61.1 Å². The van der Waals surface area contributed by atoms with Crippen LogP contribution in [0.1, 0.15) is 45.0 Å². The highest BCUT2D eigenvalue weighted by atomic mass is 32.1. The quantitative estimate of drug-likeness (QED) is 0.395. The van der Waals surface area contributed by atoms with Crippen molar-refractivity contribution in [2.75, 3.05) is 31.1 Å². The van der Waals surface area contributed by atoms with E-state index in [1.807, 2.05) is 22.3 Å². The molecule has 2 aromatic heterocycles. The zero-order valence-corrected chi connectivity index (χ0v) is 20.4. The van der Waals surface area contributed by atoms with Crippen molar-refractivity contribution in [1.29, 1.82) is 0 Å². The van der Waals surface area contributed by atoms with Gasteiger partial charge in [0.2, 0.25) is 0 Å². The van der Waals surface area contributed by atoms with Gasteiger partial charge in [-0.2, -0.15) is 0 Å². The second-order valence-corrected chi connectivity index (χ2v) is 10.4. The summed E-state index contributed by atoms with van der Waals surface area (Å²) in [6.07, 6.45) is 5.37. The second-order valence-electron chi connectivity index (χ2n) is 9.30. The molecule has 0 saturated carbocycles. The fourth-order valence-electron chi connectivity index (χ4n) is 5.16. The average Bonchev–Trinajstić information content (AvgIpc) is 3.27. The van der Waals surface area contributed by atoms with Crippen LogP contribution in [-0.2, 0) is 19.3 Å². The minimum Gasteiger partial charge on any atom is -0.352 e. The Labute approximate surface area is 208 Å². The molecule has 3 heterocycles. The van der Waals surface area contributed by atoms with Crippen molar-refractivity contribution in [1.82, 2.24) is 14.9 Å². The van der Waals surface area contributed by atoms with Gasteiger partial charge in [-0.3, -0.25) is 4.79 Å². The maximum Gasteiger partial charge on any atom is 0.253 e. The highest BCUT2D eigenvalue weighted by molar-refractivity contribution is 7.19. The van der Waals surface area contributed by atoms with Gasteiger partial charge in [0.25, 0.3) is 5.91 Å². The molecule has 0 unspecified atom stereocenters. The molecule has 0 spiro atoms. The monoisotopic (exact) mass is 486 g/mol. The molecule has 35 heavy (non-hydrogen) atoms. The zero-order valence-electron chi connectivity index (χ0n) is 19.5. The molecule has 1 aliphatic carbocycles. The topological polar surface area (TPSA) is 49.3 Å². The fraction of sp³-hybridized carbons (Fsp3) is 0.321. The molecule has 2 aromatic carbocycles. The van der Waals surface area contributed by atoms with Gasteiger partial charge < -0.3 is 9.80 Å². The Hall–Kier alpha value is -3.32. The molecule has 0 atom stereocenters. The molecule has 178 valence electrons. The van der Waals surface area contributed by atoms with Crippen molar-refractivity contribution in [2.45, 2.75) is 32.1 Å². The van der Waals surface area contributed by atoms with Crippen LogP contribution >= 0.6 is 11.3 Å². The molecular weight excluding hydrogens is 459 g/mol. The molecule has 0 radical (unpaired) electrons. The van der Waals surface area contributed by atoms with Gasteiger partial charge in [-0.25, -0.2) is 14.4 Å². The Balaban J connectivity index is 1.30. The summed E-state index contributed by atoms with van der Waals surface area (Å²) < 4.78 is 13.3. The van der Waals surface area contributed by atoms with E-state index in [4.69, 9.17) is 9.97 Å². The van der Waals surface area contributed by atoms with Crippen LogP contribution < -0.4 is 4.90 Å². The Morgan fingerprint density at radius 2 is 1.66 bits per heavy atom. The van der Waals surface area contributed by atoms with Gasteiger partial charge >= 0.3 is 0 Å². The molecule has 1 amide bonds. The number of benzene rings is 2. The molecule has 7 heteroatoms. The van der Waals surface area contributed by atoms with Crippen molar-refractivity contribution < 1.29 is 9.18 Å². The normalized spacial score (nSPS) is 15.9. The molecule has 1 fully saturated rings. The summed E-state index contributed by atoms with van der Waals surface area (Å²) >= 11 is 1.83. The number of aromatic nitrogens is 2. The molecule has 0 bridgehead atoms. The van der Waals surface area contributed by atoms with Crippen molar-refractivity contribution >= 4 is 33.3 Å². The van der Waals surface area contributed by atoms with E-state index in [2.05, 4.69) is 29.2 Å². The molecule has 2 aliphatic rings. The van der Waals surface area contributed by atoms with Crippen LogP contribution in [0.15, 0.2) is 54.6 Å². The summed E-state index contributed by atoms with van der Waals surface area (Å²) in [6.45, 7) is 2.66. The zero-order chi connectivity index (χ0) is 23.8. The van der Waals surface area contributed by atoms with E-state index < -0.39 is 0 Å². The lowest BCUT2D eigenvalue weighted by molar-refractivity contribution is 0.0746. The second kappa shape index (κ2) is 9.38. The van der Waals surface area contributed by atoms with Crippen molar-refractivity contribution in [3.8, 4) is 0 Å². The number of nitrogens with zero attached hydrogens (tertiary/aromatic N) is 4. The molecule has 1 saturated heterocycles. The van der Waals surface area contributed by atoms with Crippen LogP contribution in [-0.4, -0.2) is 47.0 Å². The first-order valence-corrected chi connectivity index (χ1v) is 13.1. The number of carbonyl (C=O) groups is 1. The molecular formula is C28H27FN4OS. The smallest absolute Gasteiger partial charge is 0.253 e. The lowest BCUT2D eigenvalue weighted by atomic mass is 9.96. The summed E-state index contributed by atoms with van der Waals surface area (Å²) in [6, 6.07) is 16.2. The van der Waals surface area contributed by atoms with Crippen LogP contribution in [0.3, 0.4) is 0 Å². The Morgan fingerprint density at radius 3 is 2.43 bits per heavy atom. The number of rotatable bonds is 4. The largest absolute Gasteiger partial charge is 0.352 e. The van der Waals surface area contributed by atoms with E-state index in [1.54, 1.807) is 12.1 Å². The Kier molecular flexibility index (Phi) is 5.94.